The fraction of sp³-hybridized carbons (Fsp3) is 0.429. The maximum Gasteiger partial charge on any atom is 0.355 e. The lowest BCUT2D eigenvalue weighted by Crippen LogP contribution is -2.54. The molecule has 1 atom stereocenters. The van der Waals surface area contributed by atoms with Gasteiger partial charge in [0.15, 0.2) is 5.65 Å². The quantitative estimate of drug-likeness (QED) is 0.274. The van der Waals surface area contributed by atoms with E-state index in [4.69, 9.17) is 26.6 Å². The van der Waals surface area contributed by atoms with Gasteiger partial charge in [-0.15, -0.1) is 0 Å². The van der Waals surface area contributed by atoms with Gasteiger partial charge in [0.2, 0.25) is 11.9 Å². The Labute approximate surface area is 284 Å². The van der Waals surface area contributed by atoms with E-state index in [9.17, 15) is 9.59 Å². The lowest BCUT2D eigenvalue weighted by atomic mass is 10.0. The molecule has 3 aromatic heterocycles. The smallest absolute Gasteiger partial charge is 0.350 e. The molecule has 0 saturated carbocycles. The zero-order valence-corrected chi connectivity index (χ0v) is 28.8. The number of amides is 1. The van der Waals surface area contributed by atoms with Crippen molar-refractivity contribution in [1.82, 2.24) is 34.7 Å². The number of benzene rings is 1. The van der Waals surface area contributed by atoms with Crippen LogP contribution >= 0.6 is 11.6 Å². The largest absolute Gasteiger partial charge is 0.355 e. The lowest BCUT2D eigenvalue weighted by molar-refractivity contribution is -0.126. The topological polar surface area (TPSA) is 112 Å². The van der Waals surface area contributed by atoms with Gasteiger partial charge in [-0.1, -0.05) is 58.0 Å². The summed E-state index contributed by atoms with van der Waals surface area (Å²) in [5.74, 6) is 0.212. The van der Waals surface area contributed by atoms with Gasteiger partial charge in [-0.05, 0) is 43.0 Å². The molecule has 4 aromatic rings. The molecule has 0 unspecified atom stereocenters. The highest BCUT2D eigenvalue weighted by atomic mass is 35.5. The number of pyridine rings is 1. The van der Waals surface area contributed by atoms with Crippen LogP contribution in [0.25, 0.3) is 28.0 Å². The van der Waals surface area contributed by atoms with E-state index in [1.54, 1.807) is 29.2 Å². The molecule has 1 aromatic carbocycles. The SMILES string of the molecule is C=CC(=O)N1CCN(c2nc(=O)n(-c3c(C(C)C)nc(N4CCNCC4)nc3C(C)C)c3nc(-c4ccccc4F)c(Cl)cc23)[C@@H](C)C1. The van der Waals surface area contributed by atoms with Crippen molar-refractivity contribution in [2.24, 2.45) is 0 Å². The number of carbonyl (C=O) groups is 1. The second-order valence-electron chi connectivity index (χ2n) is 12.9. The van der Waals surface area contributed by atoms with Crippen LogP contribution in [0.4, 0.5) is 16.2 Å². The lowest BCUT2D eigenvalue weighted by Gasteiger charge is -2.40. The van der Waals surface area contributed by atoms with E-state index in [2.05, 4.69) is 21.8 Å². The van der Waals surface area contributed by atoms with E-state index in [1.165, 1.54) is 16.7 Å². The highest BCUT2D eigenvalue weighted by Gasteiger charge is 2.32. The molecule has 13 heteroatoms. The Morgan fingerprint density at radius 3 is 2.29 bits per heavy atom. The Balaban J connectivity index is 1.65. The molecule has 2 aliphatic rings. The Morgan fingerprint density at radius 1 is 1.02 bits per heavy atom. The minimum Gasteiger partial charge on any atom is -0.350 e. The first-order valence-corrected chi connectivity index (χ1v) is 16.8. The molecule has 252 valence electrons. The van der Waals surface area contributed by atoms with Gasteiger partial charge in [0.1, 0.15) is 11.6 Å². The standard InChI is InChI=1S/C35H41ClFN9O2/c1-7-27(47)44-16-17-45(22(6)19-44)32-24-18-25(36)30(23-10-8-9-11-26(23)37)39-33(24)46(35(48)42-32)31-28(20(2)3)40-34(41-29(31)21(4)5)43-14-12-38-13-15-43/h7-11,18,20-22,38H,1,12-17,19H2,2-6H3/t22-/m0/s1. The van der Waals surface area contributed by atoms with Crippen LogP contribution in [0.2, 0.25) is 5.02 Å². The summed E-state index contributed by atoms with van der Waals surface area (Å²) in [6, 6.07) is 7.81. The molecular weight excluding hydrogens is 633 g/mol. The number of aromatic nitrogens is 5. The molecule has 5 heterocycles. The molecule has 0 spiro atoms. The number of halogens is 2. The van der Waals surface area contributed by atoms with Crippen molar-refractivity contribution < 1.29 is 9.18 Å². The molecule has 0 radical (unpaired) electrons. The number of hydrogen-bond donors (Lipinski definition) is 1. The number of rotatable bonds is 7. The van der Waals surface area contributed by atoms with Crippen molar-refractivity contribution >= 4 is 40.3 Å². The third-order valence-corrected chi connectivity index (χ3v) is 9.25. The molecule has 11 nitrogen and oxygen atoms in total. The number of fused-ring (bicyclic) bond motifs is 1. The van der Waals surface area contributed by atoms with Crippen LogP contribution in [0.3, 0.4) is 0 Å². The van der Waals surface area contributed by atoms with Crippen LogP contribution in [0, 0.1) is 5.82 Å². The van der Waals surface area contributed by atoms with Crippen LogP contribution in [-0.2, 0) is 4.79 Å². The number of piperazine rings is 2. The molecule has 48 heavy (non-hydrogen) atoms. The summed E-state index contributed by atoms with van der Waals surface area (Å²) < 4.78 is 16.7. The highest BCUT2D eigenvalue weighted by molar-refractivity contribution is 6.33. The number of nitrogens with zero attached hydrogens (tertiary/aromatic N) is 8. The molecule has 2 fully saturated rings. The zero-order chi connectivity index (χ0) is 34.3. The Bertz CT molecular complexity index is 1910. The van der Waals surface area contributed by atoms with Crippen molar-refractivity contribution in [2.75, 3.05) is 55.6 Å². The molecule has 2 saturated heterocycles. The normalized spacial score (nSPS) is 17.1. The van der Waals surface area contributed by atoms with E-state index in [0.29, 0.717) is 53.9 Å². The predicted octanol–water partition coefficient (Wildman–Crippen LogP) is 4.91. The summed E-state index contributed by atoms with van der Waals surface area (Å²) in [5.41, 5.74) is 2.03. The Hall–Kier alpha value is -4.42. The number of anilines is 2. The van der Waals surface area contributed by atoms with E-state index in [-0.39, 0.29) is 45.7 Å². The number of hydrogen-bond acceptors (Lipinski definition) is 9. The molecule has 2 aliphatic heterocycles. The third-order valence-electron chi connectivity index (χ3n) is 8.96. The summed E-state index contributed by atoms with van der Waals surface area (Å²) in [7, 11) is 0. The van der Waals surface area contributed by atoms with E-state index in [1.807, 2.05) is 39.5 Å². The van der Waals surface area contributed by atoms with Crippen LogP contribution in [0.1, 0.15) is 57.8 Å². The van der Waals surface area contributed by atoms with Gasteiger partial charge in [-0.2, -0.15) is 4.98 Å². The average Bonchev–Trinajstić information content (AvgIpc) is 3.07. The van der Waals surface area contributed by atoms with Gasteiger partial charge >= 0.3 is 5.69 Å². The first-order chi connectivity index (χ1) is 23.0. The van der Waals surface area contributed by atoms with Crippen LogP contribution in [0.15, 0.2) is 47.8 Å². The first kappa shape index (κ1) is 33.5. The van der Waals surface area contributed by atoms with E-state index >= 15 is 4.39 Å². The molecule has 0 aliphatic carbocycles. The Morgan fingerprint density at radius 2 is 1.69 bits per heavy atom. The van der Waals surface area contributed by atoms with Crippen LogP contribution in [-0.4, -0.2) is 87.2 Å². The summed E-state index contributed by atoms with van der Waals surface area (Å²) in [5, 5.41) is 4.11. The summed E-state index contributed by atoms with van der Waals surface area (Å²) in [4.78, 5) is 52.5. The molecular formula is C35H41ClFN9O2. The fourth-order valence-corrected chi connectivity index (χ4v) is 6.74. The minimum absolute atomic E-state index is 0.0855. The van der Waals surface area contributed by atoms with Crippen molar-refractivity contribution in [1.29, 1.82) is 0 Å². The first-order valence-electron chi connectivity index (χ1n) is 16.4. The van der Waals surface area contributed by atoms with Gasteiger partial charge in [0, 0.05) is 57.4 Å². The third kappa shape index (κ3) is 6.14. The van der Waals surface area contributed by atoms with Crippen molar-refractivity contribution in [3.05, 3.63) is 75.7 Å². The summed E-state index contributed by atoms with van der Waals surface area (Å²) in [6.07, 6.45) is 1.30. The maximum absolute atomic E-state index is 15.2. The molecule has 1 amide bonds. The molecule has 0 bridgehead atoms. The predicted molar refractivity (Wildman–Crippen MR) is 188 cm³/mol. The van der Waals surface area contributed by atoms with Crippen molar-refractivity contribution in [2.45, 2.75) is 52.5 Å². The molecule has 1 N–H and O–H groups in total. The van der Waals surface area contributed by atoms with Crippen LogP contribution in [0.5, 0.6) is 0 Å². The van der Waals surface area contributed by atoms with Gasteiger partial charge in [-0.3, -0.25) is 4.79 Å². The van der Waals surface area contributed by atoms with Gasteiger partial charge < -0.3 is 20.0 Å². The van der Waals surface area contributed by atoms with Crippen LogP contribution < -0.4 is 20.8 Å². The second-order valence-corrected chi connectivity index (χ2v) is 13.4. The zero-order valence-electron chi connectivity index (χ0n) is 28.0. The van der Waals surface area contributed by atoms with E-state index < -0.39 is 11.5 Å². The second kappa shape index (κ2) is 13.6. The summed E-state index contributed by atoms with van der Waals surface area (Å²) in [6.45, 7) is 18.2. The maximum atomic E-state index is 15.2. The van der Waals surface area contributed by atoms with E-state index in [0.717, 1.165) is 26.2 Å². The monoisotopic (exact) mass is 673 g/mol. The number of carbonyl (C=O) groups excluding carboxylic acids is 1. The minimum atomic E-state index is -0.564. The average molecular weight is 674 g/mol. The van der Waals surface area contributed by atoms with Gasteiger partial charge in [-0.25, -0.2) is 28.7 Å². The van der Waals surface area contributed by atoms with Gasteiger partial charge in [0.05, 0.1) is 33.2 Å². The molecule has 6 rings (SSSR count). The Kier molecular flexibility index (Phi) is 9.48. The highest BCUT2D eigenvalue weighted by Crippen LogP contribution is 2.37. The fourth-order valence-electron chi connectivity index (χ4n) is 6.49. The number of nitrogens with one attached hydrogen (secondary N) is 1. The van der Waals surface area contributed by atoms with Crippen molar-refractivity contribution in [3.63, 3.8) is 0 Å². The summed E-state index contributed by atoms with van der Waals surface area (Å²) >= 11 is 6.89. The van der Waals surface area contributed by atoms with Gasteiger partial charge in [0.25, 0.3) is 0 Å². The van der Waals surface area contributed by atoms with Crippen molar-refractivity contribution in [3.8, 4) is 16.9 Å².